The number of pyridine rings is 1. The van der Waals surface area contributed by atoms with Crippen LogP contribution >= 0.6 is 0 Å². The van der Waals surface area contributed by atoms with Gasteiger partial charge in [-0.15, -0.1) is 0 Å². The molecule has 1 saturated carbocycles. The number of fused-ring (bicyclic) bond motifs is 1. The summed E-state index contributed by atoms with van der Waals surface area (Å²) < 4.78 is 5.69. The molecular formula is C22H21N3O3. The van der Waals surface area contributed by atoms with Gasteiger partial charge < -0.3 is 15.4 Å². The molecule has 0 aliphatic heterocycles. The lowest BCUT2D eigenvalue weighted by molar-refractivity contribution is -0.118. The maximum absolute atomic E-state index is 12.3. The van der Waals surface area contributed by atoms with E-state index in [1.54, 1.807) is 30.3 Å². The average Bonchev–Trinajstić information content (AvgIpc) is 3.50. The quantitative estimate of drug-likeness (QED) is 0.691. The van der Waals surface area contributed by atoms with Crippen molar-refractivity contribution in [2.24, 2.45) is 0 Å². The first-order chi connectivity index (χ1) is 13.6. The van der Waals surface area contributed by atoms with E-state index in [0.29, 0.717) is 17.0 Å². The smallest absolute Gasteiger partial charge is 0.262 e. The zero-order chi connectivity index (χ0) is 19.5. The Balaban J connectivity index is 1.40. The van der Waals surface area contributed by atoms with Gasteiger partial charge in [0.1, 0.15) is 11.3 Å². The van der Waals surface area contributed by atoms with Gasteiger partial charge in [-0.3, -0.25) is 9.59 Å². The van der Waals surface area contributed by atoms with Crippen LogP contribution in [0.1, 0.15) is 28.9 Å². The second-order valence-corrected chi connectivity index (χ2v) is 6.95. The zero-order valence-electron chi connectivity index (χ0n) is 15.6. The molecule has 6 nitrogen and oxygen atoms in total. The number of amides is 2. The first kappa shape index (κ1) is 18.0. The Hall–Kier alpha value is -3.41. The fourth-order valence-electron chi connectivity index (χ4n) is 2.91. The molecule has 2 amide bonds. The Bertz CT molecular complexity index is 1040. The van der Waals surface area contributed by atoms with E-state index in [2.05, 4.69) is 15.6 Å². The number of anilines is 1. The van der Waals surface area contributed by atoms with Gasteiger partial charge in [-0.1, -0.05) is 24.3 Å². The Morgan fingerprint density at radius 2 is 1.93 bits per heavy atom. The van der Waals surface area contributed by atoms with E-state index in [9.17, 15) is 9.59 Å². The third kappa shape index (κ3) is 4.28. The van der Waals surface area contributed by atoms with E-state index < -0.39 is 0 Å². The van der Waals surface area contributed by atoms with Crippen molar-refractivity contribution in [3.05, 3.63) is 65.9 Å². The molecular weight excluding hydrogens is 354 g/mol. The van der Waals surface area contributed by atoms with Crippen LogP contribution in [0.15, 0.2) is 54.6 Å². The normalized spacial score (nSPS) is 13.2. The second-order valence-electron chi connectivity index (χ2n) is 6.95. The van der Waals surface area contributed by atoms with E-state index in [0.717, 1.165) is 29.4 Å². The topological polar surface area (TPSA) is 80.3 Å². The highest BCUT2D eigenvalue weighted by Crippen LogP contribution is 2.24. The van der Waals surface area contributed by atoms with Crippen LogP contribution in [0.25, 0.3) is 10.9 Å². The number of ether oxygens (including phenoxy) is 1. The molecule has 1 heterocycles. The largest absolute Gasteiger partial charge is 0.481 e. The minimum Gasteiger partial charge on any atom is -0.481 e. The number of hydrogen-bond donors (Lipinski definition) is 2. The molecule has 0 atom stereocenters. The summed E-state index contributed by atoms with van der Waals surface area (Å²) in [6, 6.07) is 16.7. The lowest BCUT2D eigenvalue weighted by atomic mass is 10.2. The molecule has 0 bridgehead atoms. The first-order valence-electron chi connectivity index (χ1n) is 9.28. The third-order valence-electron chi connectivity index (χ3n) is 4.50. The maximum atomic E-state index is 12.3. The second kappa shape index (κ2) is 7.68. The summed E-state index contributed by atoms with van der Waals surface area (Å²) in [6.07, 6.45) is 2.06. The van der Waals surface area contributed by atoms with Crippen molar-refractivity contribution in [1.29, 1.82) is 0 Å². The molecule has 2 aromatic carbocycles. The summed E-state index contributed by atoms with van der Waals surface area (Å²) in [6.45, 7) is 1.77. The van der Waals surface area contributed by atoms with Crippen LogP contribution in [0, 0.1) is 6.92 Å². The van der Waals surface area contributed by atoms with E-state index in [4.69, 9.17) is 4.74 Å². The molecule has 1 fully saturated rings. The minimum absolute atomic E-state index is 0.118. The van der Waals surface area contributed by atoms with Crippen LogP contribution in [0.3, 0.4) is 0 Å². The van der Waals surface area contributed by atoms with E-state index in [1.165, 1.54) is 0 Å². The van der Waals surface area contributed by atoms with Crippen LogP contribution < -0.4 is 15.4 Å². The van der Waals surface area contributed by atoms with Crippen LogP contribution in [0.5, 0.6) is 5.75 Å². The van der Waals surface area contributed by atoms with Gasteiger partial charge >= 0.3 is 0 Å². The summed E-state index contributed by atoms with van der Waals surface area (Å²) in [5, 5.41) is 6.66. The molecule has 4 rings (SSSR count). The number of para-hydroxylation sites is 1. The van der Waals surface area contributed by atoms with Crippen molar-refractivity contribution >= 4 is 28.4 Å². The number of rotatable bonds is 6. The fraction of sp³-hybridized carbons (Fsp3) is 0.227. The fourth-order valence-corrected chi connectivity index (χ4v) is 2.91. The summed E-state index contributed by atoms with van der Waals surface area (Å²) in [5.41, 5.74) is 2.70. The van der Waals surface area contributed by atoms with Gasteiger partial charge in [0.15, 0.2) is 6.61 Å². The van der Waals surface area contributed by atoms with E-state index in [1.807, 2.05) is 31.2 Å². The van der Waals surface area contributed by atoms with E-state index >= 15 is 0 Å². The Morgan fingerprint density at radius 3 is 2.75 bits per heavy atom. The zero-order valence-corrected chi connectivity index (χ0v) is 15.6. The molecule has 0 saturated heterocycles. The van der Waals surface area contributed by atoms with Crippen LogP contribution in [0.4, 0.5) is 5.69 Å². The van der Waals surface area contributed by atoms with Gasteiger partial charge in [-0.2, -0.15) is 0 Å². The number of carbonyl (C=O) groups is 2. The molecule has 142 valence electrons. The summed E-state index contributed by atoms with van der Waals surface area (Å²) in [7, 11) is 0. The number of nitrogens with one attached hydrogen (secondary N) is 2. The van der Waals surface area contributed by atoms with Crippen molar-refractivity contribution < 1.29 is 14.3 Å². The van der Waals surface area contributed by atoms with Gasteiger partial charge in [-0.05, 0) is 50.1 Å². The molecule has 3 aromatic rings. The third-order valence-corrected chi connectivity index (χ3v) is 4.50. The molecule has 1 aliphatic carbocycles. The van der Waals surface area contributed by atoms with Crippen molar-refractivity contribution in [2.45, 2.75) is 25.8 Å². The van der Waals surface area contributed by atoms with Crippen molar-refractivity contribution in [2.75, 3.05) is 11.9 Å². The monoisotopic (exact) mass is 375 g/mol. The van der Waals surface area contributed by atoms with Gasteiger partial charge in [0, 0.05) is 28.4 Å². The lowest BCUT2D eigenvalue weighted by Gasteiger charge is -2.10. The van der Waals surface area contributed by atoms with Crippen molar-refractivity contribution in [3.8, 4) is 5.75 Å². The minimum atomic E-state index is -0.301. The van der Waals surface area contributed by atoms with Crippen LogP contribution in [-0.4, -0.2) is 29.4 Å². The molecule has 1 aliphatic rings. The summed E-state index contributed by atoms with van der Waals surface area (Å²) in [5.74, 6) is 0.144. The highest BCUT2D eigenvalue weighted by atomic mass is 16.5. The van der Waals surface area contributed by atoms with E-state index in [-0.39, 0.29) is 24.5 Å². The molecule has 6 heteroatoms. The van der Waals surface area contributed by atoms with Gasteiger partial charge in [0.2, 0.25) is 0 Å². The summed E-state index contributed by atoms with van der Waals surface area (Å²) >= 11 is 0. The Labute approximate surface area is 162 Å². The molecule has 2 N–H and O–H groups in total. The molecule has 0 radical (unpaired) electrons. The van der Waals surface area contributed by atoms with Gasteiger partial charge in [-0.25, -0.2) is 4.98 Å². The van der Waals surface area contributed by atoms with Crippen LogP contribution in [-0.2, 0) is 4.79 Å². The van der Waals surface area contributed by atoms with Gasteiger partial charge in [0.05, 0.1) is 0 Å². The number of nitrogens with zero attached hydrogens (tertiary/aromatic N) is 1. The highest BCUT2D eigenvalue weighted by molar-refractivity contribution is 5.97. The Kier molecular flexibility index (Phi) is 4.93. The lowest BCUT2D eigenvalue weighted by Crippen LogP contribution is -2.25. The van der Waals surface area contributed by atoms with Crippen molar-refractivity contribution in [1.82, 2.24) is 10.3 Å². The molecule has 1 aromatic heterocycles. The molecule has 28 heavy (non-hydrogen) atoms. The number of aryl methyl sites for hydroxylation is 1. The molecule has 0 unspecified atom stereocenters. The SMILES string of the molecule is Cc1ccc2cccc(OCC(=O)Nc3cccc(C(=O)NC4CC4)c3)c2n1. The summed E-state index contributed by atoms with van der Waals surface area (Å²) in [4.78, 5) is 28.9. The first-order valence-corrected chi connectivity index (χ1v) is 9.28. The predicted octanol–water partition coefficient (Wildman–Crippen LogP) is 3.45. The Morgan fingerprint density at radius 1 is 1.11 bits per heavy atom. The average molecular weight is 375 g/mol. The number of carbonyl (C=O) groups excluding carboxylic acids is 2. The van der Waals surface area contributed by atoms with Crippen LogP contribution in [0.2, 0.25) is 0 Å². The number of hydrogen-bond acceptors (Lipinski definition) is 4. The number of aromatic nitrogens is 1. The highest BCUT2D eigenvalue weighted by Gasteiger charge is 2.23. The number of benzene rings is 2. The standard InChI is InChI=1S/C22H21N3O3/c1-14-8-9-15-4-3-7-19(21(15)23-14)28-13-20(26)24-18-6-2-5-16(12-18)22(27)25-17-10-11-17/h2-9,12,17H,10-11,13H2,1H3,(H,24,26)(H,25,27). The van der Waals surface area contributed by atoms with Crippen molar-refractivity contribution in [3.63, 3.8) is 0 Å². The predicted molar refractivity (Wildman–Crippen MR) is 108 cm³/mol. The molecule has 0 spiro atoms. The van der Waals surface area contributed by atoms with Gasteiger partial charge in [0.25, 0.3) is 11.8 Å². The maximum Gasteiger partial charge on any atom is 0.262 e.